The fraction of sp³-hybridized carbons (Fsp3) is 0.867. The molecule has 0 aliphatic heterocycles. The van der Waals surface area contributed by atoms with E-state index in [1.54, 1.807) is 6.92 Å². The second-order valence-corrected chi connectivity index (χ2v) is 7.48. The molecule has 4 heteroatoms. The lowest BCUT2D eigenvalue weighted by molar-refractivity contribution is -0.141. The van der Waals surface area contributed by atoms with E-state index >= 15 is 0 Å². The average molecular weight is 271 g/mol. The number of oxime groups is 1. The highest BCUT2D eigenvalue weighted by atomic mass is 16.4. The minimum atomic E-state index is -0.811. The molecule has 0 spiro atoms. The third-order valence-electron chi connectivity index (χ3n) is 3.42. The van der Waals surface area contributed by atoms with Crippen molar-refractivity contribution in [1.82, 2.24) is 0 Å². The smallest absolute Gasteiger partial charge is 0.306 e. The molecule has 0 amide bonds. The van der Waals surface area contributed by atoms with Gasteiger partial charge in [0.15, 0.2) is 0 Å². The number of carbonyl (C=O) groups is 1. The number of carboxylic acids is 1. The molecule has 0 saturated carbocycles. The van der Waals surface area contributed by atoms with Gasteiger partial charge >= 0.3 is 5.97 Å². The highest BCUT2D eigenvalue weighted by molar-refractivity contribution is 5.91. The third kappa shape index (κ3) is 6.08. The van der Waals surface area contributed by atoms with Crippen molar-refractivity contribution in [2.45, 2.75) is 61.3 Å². The molecule has 0 aliphatic carbocycles. The molecule has 0 aromatic heterocycles. The van der Waals surface area contributed by atoms with Crippen LogP contribution >= 0.6 is 0 Å². The third-order valence-corrected chi connectivity index (χ3v) is 3.42. The Kier molecular flexibility index (Phi) is 6.04. The van der Waals surface area contributed by atoms with E-state index in [2.05, 4.69) is 25.9 Å². The van der Waals surface area contributed by atoms with E-state index in [0.29, 0.717) is 12.1 Å². The van der Waals surface area contributed by atoms with Gasteiger partial charge < -0.3 is 10.3 Å². The summed E-state index contributed by atoms with van der Waals surface area (Å²) in [5, 5.41) is 21.8. The first-order chi connectivity index (χ1) is 8.40. The predicted molar refractivity (Wildman–Crippen MR) is 77.7 cm³/mol. The summed E-state index contributed by atoms with van der Waals surface area (Å²) in [5.41, 5.74) is 0.414. The van der Waals surface area contributed by atoms with Crippen molar-refractivity contribution in [1.29, 1.82) is 0 Å². The number of carboxylic acid groups (broad SMARTS) is 1. The minimum absolute atomic E-state index is 0.126. The molecule has 0 aliphatic rings. The second-order valence-electron chi connectivity index (χ2n) is 7.48. The lowest BCUT2D eigenvalue weighted by atomic mass is 9.71. The Bertz CT molecular complexity index is 340. The topological polar surface area (TPSA) is 69.9 Å². The summed E-state index contributed by atoms with van der Waals surface area (Å²) >= 11 is 0. The number of rotatable bonds is 6. The van der Waals surface area contributed by atoms with Gasteiger partial charge in [-0.1, -0.05) is 53.6 Å². The van der Waals surface area contributed by atoms with Crippen molar-refractivity contribution in [3.8, 4) is 0 Å². The van der Waals surface area contributed by atoms with Crippen LogP contribution in [0.15, 0.2) is 5.16 Å². The normalized spacial score (nSPS) is 17.1. The molecule has 4 nitrogen and oxygen atoms in total. The molecule has 0 saturated heterocycles. The summed E-state index contributed by atoms with van der Waals surface area (Å²) in [6, 6.07) is 0. The molecule has 0 bridgehead atoms. The van der Waals surface area contributed by atoms with Gasteiger partial charge in [0.1, 0.15) is 0 Å². The molecule has 0 aromatic rings. The van der Waals surface area contributed by atoms with Crippen molar-refractivity contribution in [3.05, 3.63) is 0 Å². The van der Waals surface area contributed by atoms with Crippen LogP contribution in [0.1, 0.15) is 61.3 Å². The Labute approximate surface area is 116 Å². The van der Waals surface area contributed by atoms with Gasteiger partial charge in [-0.15, -0.1) is 0 Å². The lowest BCUT2D eigenvalue weighted by Gasteiger charge is -2.33. The zero-order chi connectivity index (χ0) is 15.4. The van der Waals surface area contributed by atoms with Gasteiger partial charge in [-0.05, 0) is 24.2 Å². The number of hydrogen-bond donors (Lipinski definition) is 2. The van der Waals surface area contributed by atoms with Crippen LogP contribution in [0.25, 0.3) is 0 Å². The number of hydrogen-bond acceptors (Lipinski definition) is 3. The van der Waals surface area contributed by atoms with Gasteiger partial charge in [0.25, 0.3) is 0 Å². The van der Waals surface area contributed by atoms with E-state index < -0.39 is 17.3 Å². The molecule has 112 valence electrons. The summed E-state index contributed by atoms with van der Waals surface area (Å²) in [6.45, 7) is 14.0. The number of aliphatic carboxylic acids is 1. The molecule has 2 atom stereocenters. The first-order valence-corrected chi connectivity index (χ1v) is 6.86. The second kappa shape index (κ2) is 6.40. The Morgan fingerprint density at radius 2 is 1.53 bits per heavy atom. The molecular formula is C15H29NO3. The van der Waals surface area contributed by atoms with Gasteiger partial charge in [0, 0.05) is 5.41 Å². The fourth-order valence-corrected chi connectivity index (χ4v) is 2.87. The monoisotopic (exact) mass is 271 g/mol. The van der Waals surface area contributed by atoms with Crippen molar-refractivity contribution in [2.24, 2.45) is 27.8 Å². The van der Waals surface area contributed by atoms with Crippen LogP contribution in [0.4, 0.5) is 0 Å². The highest BCUT2D eigenvalue weighted by Gasteiger charge is 2.34. The number of nitrogens with zero attached hydrogens (tertiary/aromatic N) is 1. The quantitative estimate of drug-likeness (QED) is 0.435. The van der Waals surface area contributed by atoms with Gasteiger partial charge in [-0.25, -0.2) is 0 Å². The van der Waals surface area contributed by atoms with Crippen molar-refractivity contribution in [2.75, 3.05) is 0 Å². The van der Waals surface area contributed by atoms with E-state index in [9.17, 15) is 10.0 Å². The predicted octanol–water partition coefficient (Wildman–Crippen LogP) is 4.03. The maximum absolute atomic E-state index is 11.0. The lowest BCUT2D eigenvalue weighted by Crippen LogP contribution is -2.34. The molecule has 2 unspecified atom stereocenters. The van der Waals surface area contributed by atoms with Crippen molar-refractivity contribution >= 4 is 11.7 Å². The van der Waals surface area contributed by atoms with E-state index in [0.717, 1.165) is 6.42 Å². The minimum Gasteiger partial charge on any atom is -0.481 e. The zero-order valence-electron chi connectivity index (χ0n) is 13.3. The Morgan fingerprint density at radius 3 is 1.84 bits per heavy atom. The molecular weight excluding hydrogens is 242 g/mol. The van der Waals surface area contributed by atoms with Crippen LogP contribution in [-0.4, -0.2) is 22.0 Å². The first kappa shape index (κ1) is 17.9. The molecule has 0 heterocycles. The van der Waals surface area contributed by atoms with Crippen LogP contribution in [0.2, 0.25) is 0 Å². The molecule has 0 fully saturated rings. The Hall–Kier alpha value is -1.06. The summed E-state index contributed by atoms with van der Waals surface area (Å²) in [4.78, 5) is 11.0. The largest absolute Gasteiger partial charge is 0.481 e. The molecule has 2 N–H and O–H groups in total. The van der Waals surface area contributed by atoms with Gasteiger partial charge in [0.05, 0.1) is 11.6 Å². The summed E-state index contributed by atoms with van der Waals surface area (Å²) in [5.74, 6) is -1.14. The maximum Gasteiger partial charge on any atom is 0.306 e. The van der Waals surface area contributed by atoms with Crippen LogP contribution in [0.5, 0.6) is 0 Å². The van der Waals surface area contributed by atoms with Crippen LogP contribution < -0.4 is 0 Å². The Morgan fingerprint density at radius 1 is 1.05 bits per heavy atom. The molecule has 19 heavy (non-hydrogen) atoms. The van der Waals surface area contributed by atoms with Crippen molar-refractivity contribution < 1.29 is 15.1 Å². The average Bonchev–Trinajstić information content (AvgIpc) is 2.13. The summed E-state index contributed by atoms with van der Waals surface area (Å²) in [6.07, 6.45) is 1.37. The van der Waals surface area contributed by atoms with Gasteiger partial charge in [-0.2, -0.15) is 0 Å². The van der Waals surface area contributed by atoms with E-state index in [1.807, 2.05) is 20.8 Å². The summed E-state index contributed by atoms with van der Waals surface area (Å²) in [7, 11) is 0. The van der Waals surface area contributed by atoms with Crippen LogP contribution in [0, 0.1) is 22.7 Å². The van der Waals surface area contributed by atoms with E-state index in [-0.39, 0.29) is 11.3 Å². The van der Waals surface area contributed by atoms with Gasteiger partial charge in [-0.3, -0.25) is 4.79 Å². The standard InChI is InChI=1S/C15H29NO3/c1-10(8-14(3,4)5)12(16-19)15(6,7)9-11(2)13(17)18/h10-11,19H,8-9H2,1-7H3,(H,17,18)/b16-12+. The van der Waals surface area contributed by atoms with E-state index in [1.165, 1.54) is 0 Å². The van der Waals surface area contributed by atoms with Crippen molar-refractivity contribution in [3.63, 3.8) is 0 Å². The molecule has 0 aromatic carbocycles. The fourth-order valence-electron chi connectivity index (χ4n) is 2.87. The van der Waals surface area contributed by atoms with Gasteiger partial charge in [0.2, 0.25) is 0 Å². The Balaban J connectivity index is 4.98. The highest BCUT2D eigenvalue weighted by Crippen LogP contribution is 2.35. The molecule has 0 rings (SSSR count). The first-order valence-electron chi connectivity index (χ1n) is 6.86. The summed E-state index contributed by atoms with van der Waals surface area (Å²) < 4.78 is 0. The van der Waals surface area contributed by atoms with Crippen LogP contribution in [0.3, 0.4) is 0 Å². The van der Waals surface area contributed by atoms with Crippen LogP contribution in [-0.2, 0) is 4.79 Å². The maximum atomic E-state index is 11.0. The SMILES string of the molecule is CC(CC(C)(C)/C(=N/O)C(C)CC(C)(C)C)C(=O)O. The molecule has 0 radical (unpaired) electrons. The van der Waals surface area contributed by atoms with E-state index in [4.69, 9.17) is 5.11 Å². The zero-order valence-corrected chi connectivity index (χ0v) is 13.3.